The van der Waals surface area contributed by atoms with Crippen LogP contribution in [0.2, 0.25) is 0 Å². The molecule has 1 aromatic carbocycles. The van der Waals surface area contributed by atoms with E-state index in [4.69, 9.17) is 15.2 Å². The molecule has 244 valence electrons. The second-order valence-corrected chi connectivity index (χ2v) is 12.0. The number of benzene rings is 1. The van der Waals surface area contributed by atoms with Gasteiger partial charge in [-0.2, -0.15) is 13.2 Å². The van der Waals surface area contributed by atoms with Crippen LogP contribution in [-0.4, -0.2) is 72.1 Å². The number of aromatic nitrogens is 1. The highest BCUT2D eigenvalue weighted by Crippen LogP contribution is 2.31. The van der Waals surface area contributed by atoms with E-state index >= 15 is 0 Å². The third kappa shape index (κ3) is 11.5. The second-order valence-electron chi connectivity index (χ2n) is 11.1. The molecule has 0 fully saturated rings. The Morgan fingerprint density at radius 2 is 1.73 bits per heavy atom. The van der Waals surface area contributed by atoms with Gasteiger partial charge < -0.3 is 25.4 Å². The number of hydrogen-bond acceptors (Lipinski definition) is 9. The van der Waals surface area contributed by atoms with Crippen molar-refractivity contribution in [1.82, 2.24) is 15.2 Å². The number of thiazole rings is 1. The number of carbonyl (C=O) groups is 4. The van der Waals surface area contributed by atoms with E-state index in [0.29, 0.717) is 12.8 Å². The van der Waals surface area contributed by atoms with E-state index in [1.165, 1.54) is 26.5 Å². The molecule has 0 aliphatic carbocycles. The second kappa shape index (κ2) is 16.5. The zero-order valence-corrected chi connectivity index (χ0v) is 26.5. The minimum Gasteiger partial charge on any atom is -0.469 e. The van der Waals surface area contributed by atoms with Gasteiger partial charge in [0.2, 0.25) is 5.91 Å². The Kier molecular flexibility index (Phi) is 13.8. The van der Waals surface area contributed by atoms with Gasteiger partial charge in [-0.1, -0.05) is 51.1 Å². The Balaban J connectivity index is 2.27. The first kappa shape index (κ1) is 36.7. The van der Waals surface area contributed by atoms with Gasteiger partial charge in [0.05, 0.1) is 25.5 Å². The van der Waals surface area contributed by atoms with Crippen LogP contribution in [0.5, 0.6) is 0 Å². The molecular formula is C30H41F3N4O6S. The molecule has 10 nitrogen and oxygen atoms in total. The molecule has 0 bridgehead atoms. The van der Waals surface area contributed by atoms with Gasteiger partial charge in [0.25, 0.3) is 5.91 Å². The Bertz CT molecular complexity index is 1260. The number of halogens is 3. The Hall–Kier alpha value is -3.52. The van der Waals surface area contributed by atoms with Crippen molar-refractivity contribution >= 4 is 35.1 Å². The third-order valence-electron chi connectivity index (χ3n) is 7.08. The number of rotatable bonds is 15. The summed E-state index contributed by atoms with van der Waals surface area (Å²) in [5.41, 5.74) is 6.58. The maximum Gasteiger partial charge on any atom is 0.391 e. The Morgan fingerprint density at radius 1 is 1.09 bits per heavy atom. The van der Waals surface area contributed by atoms with Crippen LogP contribution < -0.4 is 11.1 Å². The van der Waals surface area contributed by atoms with Crippen molar-refractivity contribution in [1.29, 1.82) is 0 Å². The summed E-state index contributed by atoms with van der Waals surface area (Å²) in [6.07, 6.45) is -6.29. The summed E-state index contributed by atoms with van der Waals surface area (Å²) in [6, 6.07) is 6.57. The average Bonchev–Trinajstić information content (AvgIpc) is 3.43. The van der Waals surface area contributed by atoms with E-state index in [1.54, 1.807) is 20.8 Å². The summed E-state index contributed by atoms with van der Waals surface area (Å²) in [6.45, 7) is 6.46. The summed E-state index contributed by atoms with van der Waals surface area (Å²) in [7, 11) is 2.66. The molecule has 2 aromatic rings. The normalized spacial score (nSPS) is 15.1. The van der Waals surface area contributed by atoms with Crippen LogP contribution in [-0.2, 0) is 30.3 Å². The summed E-state index contributed by atoms with van der Waals surface area (Å²) in [5, 5.41) is 4.72. The molecule has 0 spiro atoms. The number of carbonyl (C=O) groups excluding carboxylic acids is 4. The van der Waals surface area contributed by atoms with Crippen molar-refractivity contribution in [3.63, 3.8) is 0 Å². The Labute approximate surface area is 259 Å². The van der Waals surface area contributed by atoms with Crippen molar-refractivity contribution in [2.24, 2.45) is 17.6 Å². The van der Waals surface area contributed by atoms with Crippen molar-refractivity contribution in [2.45, 2.75) is 83.8 Å². The van der Waals surface area contributed by atoms with Crippen LogP contribution in [0.1, 0.15) is 74.1 Å². The number of nitrogens with two attached hydrogens (primary N) is 1. The van der Waals surface area contributed by atoms with Crippen molar-refractivity contribution in [2.75, 3.05) is 14.2 Å². The largest absolute Gasteiger partial charge is 0.469 e. The fraction of sp³-hybridized carbons (Fsp3) is 0.567. The summed E-state index contributed by atoms with van der Waals surface area (Å²) in [4.78, 5) is 55.7. The zero-order chi connectivity index (χ0) is 33.2. The van der Waals surface area contributed by atoms with Gasteiger partial charge in [-0.05, 0) is 24.3 Å². The molecule has 0 saturated heterocycles. The number of likely N-dealkylation sites (N-methyl/N-ethyl adjacent to an activating group) is 1. The lowest BCUT2D eigenvalue weighted by Gasteiger charge is -2.35. The van der Waals surface area contributed by atoms with Gasteiger partial charge in [0, 0.05) is 37.9 Å². The van der Waals surface area contributed by atoms with Crippen LogP contribution in [0.25, 0.3) is 0 Å². The van der Waals surface area contributed by atoms with Gasteiger partial charge in [-0.15, -0.1) is 11.3 Å². The maximum atomic E-state index is 13.3. The van der Waals surface area contributed by atoms with Crippen molar-refractivity contribution in [3.8, 4) is 0 Å². The summed E-state index contributed by atoms with van der Waals surface area (Å²) in [5.74, 6) is -3.17. The van der Waals surface area contributed by atoms with Crippen LogP contribution in [0.15, 0.2) is 35.7 Å². The molecule has 5 atom stereocenters. The number of methoxy groups -OCH3 is 1. The van der Waals surface area contributed by atoms with Crippen LogP contribution >= 0.6 is 11.3 Å². The van der Waals surface area contributed by atoms with Gasteiger partial charge in [-0.25, -0.2) is 4.98 Å². The fourth-order valence-electron chi connectivity index (χ4n) is 4.87. The van der Waals surface area contributed by atoms with Gasteiger partial charge >= 0.3 is 18.1 Å². The molecule has 1 heterocycles. The van der Waals surface area contributed by atoms with E-state index < -0.39 is 66.5 Å². The van der Waals surface area contributed by atoms with Gasteiger partial charge in [-0.3, -0.25) is 19.2 Å². The SMILES string of the molecule is COC(=O)[C@@H](C)C[C@H](Cc1ccccc1)NC(=O)c1csc([C@@H](C[C@H](C(C)C)N(C)C(=O)[C@@H](N)CC(F)(F)F)OC(C)=O)n1. The molecular weight excluding hydrogens is 601 g/mol. The van der Waals surface area contributed by atoms with E-state index in [0.717, 1.165) is 21.8 Å². The lowest BCUT2D eigenvalue weighted by Crippen LogP contribution is -2.50. The van der Waals surface area contributed by atoms with Crippen molar-refractivity contribution < 1.29 is 41.8 Å². The van der Waals surface area contributed by atoms with E-state index in [2.05, 4.69) is 10.3 Å². The molecule has 3 N–H and O–H groups in total. The quantitative estimate of drug-likeness (QED) is 0.272. The average molecular weight is 643 g/mol. The zero-order valence-electron chi connectivity index (χ0n) is 25.7. The lowest BCUT2D eigenvalue weighted by atomic mass is 9.95. The van der Waals surface area contributed by atoms with Gasteiger partial charge in [0.1, 0.15) is 10.7 Å². The maximum absolute atomic E-state index is 13.3. The van der Waals surface area contributed by atoms with E-state index in [-0.39, 0.29) is 23.0 Å². The predicted molar refractivity (Wildman–Crippen MR) is 158 cm³/mol. The molecule has 44 heavy (non-hydrogen) atoms. The molecule has 1 aromatic heterocycles. The van der Waals surface area contributed by atoms with E-state index in [9.17, 15) is 32.3 Å². The molecule has 2 amide bonds. The first-order chi connectivity index (χ1) is 20.5. The molecule has 0 aliphatic rings. The van der Waals surface area contributed by atoms with Gasteiger partial charge in [0.15, 0.2) is 6.10 Å². The topological polar surface area (TPSA) is 141 Å². The smallest absolute Gasteiger partial charge is 0.391 e. The molecule has 0 radical (unpaired) electrons. The summed E-state index contributed by atoms with van der Waals surface area (Å²) < 4.78 is 48.9. The molecule has 0 saturated carbocycles. The number of amides is 2. The third-order valence-corrected chi connectivity index (χ3v) is 8.02. The highest BCUT2D eigenvalue weighted by atomic mass is 32.1. The number of esters is 2. The molecule has 0 unspecified atom stereocenters. The highest BCUT2D eigenvalue weighted by Gasteiger charge is 2.37. The number of hydrogen-bond donors (Lipinski definition) is 2. The minimum absolute atomic E-state index is 0.0140. The monoisotopic (exact) mass is 642 g/mol. The number of nitrogens with one attached hydrogen (secondary N) is 1. The highest BCUT2D eigenvalue weighted by molar-refractivity contribution is 7.09. The minimum atomic E-state index is -4.61. The lowest BCUT2D eigenvalue weighted by molar-refractivity contribution is -0.155. The molecule has 2 rings (SSSR count). The van der Waals surface area contributed by atoms with Crippen LogP contribution in [0.4, 0.5) is 13.2 Å². The first-order valence-electron chi connectivity index (χ1n) is 14.2. The van der Waals surface area contributed by atoms with Crippen molar-refractivity contribution in [3.05, 3.63) is 52.0 Å². The van der Waals surface area contributed by atoms with Crippen LogP contribution in [0, 0.1) is 11.8 Å². The molecule has 0 aliphatic heterocycles. The number of nitrogens with zero attached hydrogens (tertiary/aromatic N) is 2. The van der Waals surface area contributed by atoms with Crippen LogP contribution in [0.3, 0.4) is 0 Å². The summed E-state index contributed by atoms with van der Waals surface area (Å²) >= 11 is 1.07. The van der Waals surface area contributed by atoms with E-state index in [1.807, 2.05) is 30.3 Å². The fourth-order valence-corrected chi connectivity index (χ4v) is 5.71. The predicted octanol–water partition coefficient (Wildman–Crippen LogP) is 4.44. The molecule has 14 heteroatoms. The number of ether oxygens (including phenoxy) is 2. The number of alkyl halides is 3. The first-order valence-corrected chi connectivity index (χ1v) is 15.0. The standard InChI is InChI=1S/C30H41F3N4O6S/c1-17(2)24(37(5)28(40)22(34)15-30(31,32)33)14-25(43-19(4)38)27-36-23(16-44-27)26(39)35-21(12-18(3)29(41)42-6)13-20-10-8-7-9-11-20/h7-11,16-18,21-22,24-25H,12-15,34H2,1-6H3,(H,35,39)/t18-,21+,22-,24+,25+/m0/s1. The Morgan fingerprint density at radius 3 is 2.27 bits per heavy atom.